The number of benzene rings is 1. The summed E-state index contributed by atoms with van der Waals surface area (Å²) in [5.41, 5.74) is 7.37. The van der Waals surface area contributed by atoms with Gasteiger partial charge >= 0.3 is 5.97 Å². The van der Waals surface area contributed by atoms with E-state index in [1.807, 2.05) is 0 Å². The van der Waals surface area contributed by atoms with Gasteiger partial charge in [-0.15, -0.1) is 11.8 Å². The molecule has 0 radical (unpaired) electrons. The molecule has 2 atom stereocenters. The Balaban J connectivity index is 1.68. The van der Waals surface area contributed by atoms with Crippen molar-refractivity contribution in [1.29, 1.82) is 0 Å². The number of nitrogens with zero attached hydrogens (tertiary/aromatic N) is 2. The highest BCUT2D eigenvalue weighted by Gasteiger charge is 2.51. The number of rotatable bonds is 4. The van der Waals surface area contributed by atoms with Gasteiger partial charge in [-0.25, -0.2) is 4.79 Å². The Kier molecular flexibility index (Phi) is 4.29. The SMILES string of the molecule is CC1=C(C(=O)OCc2ccc([N+](=O)[O-])cc2)N2C(=O)C(N)C2SC1. The van der Waals surface area contributed by atoms with Crippen LogP contribution in [-0.4, -0.2) is 38.9 Å². The second kappa shape index (κ2) is 6.25. The smallest absolute Gasteiger partial charge is 0.355 e. The highest BCUT2D eigenvalue weighted by Crippen LogP contribution is 2.39. The molecule has 0 saturated carbocycles. The van der Waals surface area contributed by atoms with Crippen LogP contribution < -0.4 is 5.73 Å². The lowest BCUT2D eigenvalue weighted by Crippen LogP contribution is -2.68. The monoisotopic (exact) mass is 349 g/mol. The van der Waals surface area contributed by atoms with Crippen molar-refractivity contribution in [2.45, 2.75) is 24.9 Å². The first kappa shape index (κ1) is 16.5. The number of ether oxygens (including phenoxy) is 1. The van der Waals surface area contributed by atoms with E-state index in [1.165, 1.54) is 40.9 Å². The number of hydrogen-bond acceptors (Lipinski definition) is 7. The molecule has 8 nitrogen and oxygen atoms in total. The van der Waals surface area contributed by atoms with Crippen LogP contribution in [0.1, 0.15) is 12.5 Å². The molecule has 1 aromatic rings. The number of non-ortho nitro benzene ring substituents is 1. The van der Waals surface area contributed by atoms with E-state index in [2.05, 4.69) is 0 Å². The van der Waals surface area contributed by atoms with Crippen LogP contribution in [0.4, 0.5) is 5.69 Å². The molecule has 126 valence electrons. The second-order valence-electron chi connectivity index (χ2n) is 5.56. The van der Waals surface area contributed by atoms with Crippen LogP contribution in [0.25, 0.3) is 0 Å². The summed E-state index contributed by atoms with van der Waals surface area (Å²) in [6.07, 6.45) is 0. The lowest BCUT2D eigenvalue weighted by atomic mass is 10.0. The number of carbonyl (C=O) groups excluding carboxylic acids is 2. The van der Waals surface area contributed by atoms with E-state index in [1.54, 1.807) is 6.92 Å². The van der Waals surface area contributed by atoms with Gasteiger partial charge in [0.15, 0.2) is 0 Å². The number of amides is 1. The number of carbonyl (C=O) groups is 2. The quantitative estimate of drug-likeness (QED) is 0.375. The molecule has 0 bridgehead atoms. The van der Waals surface area contributed by atoms with Crippen molar-refractivity contribution >= 4 is 29.3 Å². The maximum Gasteiger partial charge on any atom is 0.355 e. The van der Waals surface area contributed by atoms with Gasteiger partial charge in [0.1, 0.15) is 23.7 Å². The third-order valence-electron chi connectivity index (χ3n) is 3.91. The minimum absolute atomic E-state index is 0.0283. The summed E-state index contributed by atoms with van der Waals surface area (Å²) >= 11 is 1.52. The van der Waals surface area contributed by atoms with Crippen molar-refractivity contribution in [2.24, 2.45) is 5.73 Å². The molecule has 9 heteroatoms. The first-order valence-corrected chi connectivity index (χ1v) is 8.25. The molecule has 1 amide bonds. The Morgan fingerprint density at radius 1 is 1.46 bits per heavy atom. The van der Waals surface area contributed by atoms with Gasteiger partial charge in [0.2, 0.25) is 5.91 Å². The van der Waals surface area contributed by atoms with E-state index in [0.717, 1.165) is 5.57 Å². The topological polar surface area (TPSA) is 116 Å². The minimum Gasteiger partial charge on any atom is -0.456 e. The average Bonchev–Trinajstić information content (AvgIpc) is 2.59. The summed E-state index contributed by atoms with van der Waals surface area (Å²) in [4.78, 5) is 35.8. The fraction of sp³-hybridized carbons (Fsp3) is 0.333. The molecule has 2 unspecified atom stereocenters. The summed E-state index contributed by atoms with van der Waals surface area (Å²) in [6, 6.07) is 5.16. The molecule has 0 aromatic heterocycles. The lowest BCUT2D eigenvalue weighted by Gasteiger charge is -2.48. The van der Waals surface area contributed by atoms with Gasteiger partial charge < -0.3 is 10.5 Å². The zero-order chi connectivity index (χ0) is 17.4. The maximum atomic E-state index is 12.4. The summed E-state index contributed by atoms with van der Waals surface area (Å²) in [5.74, 6) is -0.255. The van der Waals surface area contributed by atoms with Gasteiger partial charge in [0.05, 0.1) is 4.92 Å². The van der Waals surface area contributed by atoms with E-state index in [4.69, 9.17) is 10.5 Å². The van der Waals surface area contributed by atoms with Crippen LogP contribution in [0.5, 0.6) is 0 Å². The van der Waals surface area contributed by atoms with Gasteiger partial charge in [-0.3, -0.25) is 19.8 Å². The molecule has 1 aromatic carbocycles. The predicted octanol–water partition coefficient (Wildman–Crippen LogP) is 1.15. The van der Waals surface area contributed by atoms with Crippen LogP contribution in [-0.2, 0) is 20.9 Å². The molecule has 0 aliphatic carbocycles. The van der Waals surface area contributed by atoms with Gasteiger partial charge in [-0.05, 0) is 30.2 Å². The number of nitrogens with two attached hydrogens (primary N) is 1. The summed E-state index contributed by atoms with van der Waals surface area (Å²) in [5, 5.41) is 10.4. The number of β-lactam (4-membered cyclic amide) rings is 1. The molecular formula is C15H15N3O5S. The zero-order valence-corrected chi connectivity index (χ0v) is 13.6. The average molecular weight is 349 g/mol. The summed E-state index contributed by atoms with van der Waals surface area (Å²) in [6.45, 7) is 1.75. The van der Waals surface area contributed by atoms with Gasteiger partial charge in [0.25, 0.3) is 5.69 Å². The third kappa shape index (κ3) is 2.76. The van der Waals surface area contributed by atoms with Crippen molar-refractivity contribution in [3.8, 4) is 0 Å². The van der Waals surface area contributed by atoms with Crippen LogP contribution in [0.15, 0.2) is 35.5 Å². The van der Waals surface area contributed by atoms with Crippen molar-refractivity contribution in [3.63, 3.8) is 0 Å². The second-order valence-corrected chi connectivity index (χ2v) is 6.67. The number of fused-ring (bicyclic) bond motifs is 1. The molecule has 2 N–H and O–H groups in total. The van der Waals surface area contributed by atoms with E-state index >= 15 is 0 Å². The van der Waals surface area contributed by atoms with Crippen molar-refractivity contribution < 1.29 is 19.2 Å². The van der Waals surface area contributed by atoms with E-state index in [0.29, 0.717) is 11.3 Å². The number of nitro benzene ring substituents is 1. The predicted molar refractivity (Wildman–Crippen MR) is 86.7 cm³/mol. The number of nitro groups is 1. The molecule has 0 spiro atoms. The Hall–Kier alpha value is -2.39. The first-order valence-electron chi connectivity index (χ1n) is 7.20. The Morgan fingerprint density at radius 3 is 2.75 bits per heavy atom. The van der Waals surface area contributed by atoms with Crippen molar-refractivity contribution in [2.75, 3.05) is 5.75 Å². The molecule has 2 heterocycles. The lowest BCUT2D eigenvalue weighted by molar-refractivity contribution is -0.384. The molecule has 1 fully saturated rings. The third-order valence-corrected chi connectivity index (χ3v) is 5.36. The van der Waals surface area contributed by atoms with Crippen LogP contribution in [0.2, 0.25) is 0 Å². The standard InChI is InChI=1S/C15H15N3O5S/c1-8-7-24-14-11(16)13(19)17(14)12(8)15(20)23-6-9-2-4-10(5-3-9)18(21)22/h2-5,11,14H,6-7,16H2,1H3. The summed E-state index contributed by atoms with van der Waals surface area (Å²) < 4.78 is 5.26. The molecular weight excluding hydrogens is 334 g/mol. The van der Waals surface area contributed by atoms with Gasteiger partial charge in [-0.2, -0.15) is 0 Å². The molecule has 2 aliphatic heterocycles. The van der Waals surface area contributed by atoms with Crippen molar-refractivity contribution in [1.82, 2.24) is 4.90 Å². The van der Waals surface area contributed by atoms with Crippen LogP contribution in [0, 0.1) is 10.1 Å². The first-order chi connectivity index (χ1) is 11.4. The Labute approximate surface area is 141 Å². The van der Waals surface area contributed by atoms with E-state index < -0.39 is 16.9 Å². The molecule has 24 heavy (non-hydrogen) atoms. The van der Waals surface area contributed by atoms with E-state index in [9.17, 15) is 19.7 Å². The normalized spacial score (nSPS) is 22.8. The molecule has 1 saturated heterocycles. The van der Waals surface area contributed by atoms with Crippen LogP contribution in [0.3, 0.4) is 0 Å². The number of esters is 1. The fourth-order valence-corrected chi connectivity index (χ4v) is 3.83. The maximum absolute atomic E-state index is 12.4. The number of thioether (sulfide) groups is 1. The Morgan fingerprint density at radius 2 is 2.12 bits per heavy atom. The molecule has 3 rings (SSSR count). The van der Waals surface area contributed by atoms with Crippen LogP contribution >= 0.6 is 11.8 Å². The van der Waals surface area contributed by atoms with Gasteiger partial charge in [0, 0.05) is 17.9 Å². The summed E-state index contributed by atoms with van der Waals surface area (Å²) in [7, 11) is 0. The molecule has 2 aliphatic rings. The highest BCUT2D eigenvalue weighted by atomic mass is 32.2. The van der Waals surface area contributed by atoms with Crippen molar-refractivity contribution in [3.05, 3.63) is 51.2 Å². The van der Waals surface area contributed by atoms with E-state index in [-0.39, 0.29) is 29.3 Å². The van der Waals surface area contributed by atoms with Gasteiger partial charge in [-0.1, -0.05) is 0 Å². The minimum atomic E-state index is -0.587. The number of hydrogen-bond donors (Lipinski definition) is 1. The highest BCUT2D eigenvalue weighted by molar-refractivity contribution is 8.00. The largest absolute Gasteiger partial charge is 0.456 e. The zero-order valence-electron chi connectivity index (χ0n) is 12.8. The fourth-order valence-electron chi connectivity index (χ4n) is 2.59. The Bertz CT molecular complexity index is 746.